The van der Waals surface area contributed by atoms with Crippen LogP contribution in [0.25, 0.3) is 0 Å². The van der Waals surface area contributed by atoms with Crippen molar-refractivity contribution in [2.75, 3.05) is 13.7 Å². The fourth-order valence-corrected chi connectivity index (χ4v) is 1.02. The van der Waals surface area contributed by atoms with E-state index in [1.165, 1.54) is 7.11 Å². The van der Waals surface area contributed by atoms with Gasteiger partial charge >= 0.3 is 5.97 Å². The predicted octanol–water partition coefficient (Wildman–Crippen LogP) is 2.37. The quantitative estimate of drug-likeness (QED) is 0.372. The summed E-state index contributed by atoms with van der Waals surface area (Å²) in [5, 5.41) is 0. The fraction of sp³-hybridized carbons (Fsp3) is 0.636. The maximum absolute atomic E-state index is 11.2. The number of carbonyl (C=O) groups excluding carboxylic acids is 1. The highest BCUT2D eigenvalue weighted by Gasteiger charge is 2.11. The summed E-state index contributed by atoms with van der Waals surface area (Å²) in [5.41, 5.74) is 1.02. The van der Waals surface area contributed by atoms with Gasteiger partial charge in [0.2, 0.25) is 0 Å². The Morgan fingerprint density at radius 3 is 2.50 bits per heavy atom. The van der Waals surface area contributed by atoms with E-state index in [0.29, 0.717) is 17.8 Å². The van der Waals surface area contributed by atoms with E-state index in [9.17, 15) is 4.79 Å². The van der Waals surface area contributed by atoms with E-state index in [1.807, 2.05) is 0 Å². The lowest BCUT2D eigenvalue weighted by molar-refractivity contribution is -0.132. The fourth-order valence-electron chi connectivity index (χ4n) is 1.02. The Balaban J connectivity index is 4.20. The van der Waals surface area contributed by atoms with Crippen LogP contribution in [0.15, 0.2) is 17.1 Å². The van der Waals surface area contributed by atoms with Crippen LogP contribution in [-0.2, 0) is 9.53 Å². The van der Waals surface area contributed by atoms with Crippen LogP contribution in [0, 0.1) is 0 Å². The second kappa shape index (κ2) is 7.30. The Labute approximate surface area is 85.9 Å². The molecule has 0 bridgehead atoms. The SMILES string of the molecule is C=C(C)C(=NCCCCC)C(=O)OC. The van der Waals surface area contributed by atoms with Gasteiger partial charge in [-0.25, -0.2) is 4.79 Å². The van der Waals surface area contributed by atoms with Crippen LogP contribution in [0.2, 0.25) is 0 Å². The average molecular weight is 197 g/mol. The maximum atomic E-state index is 11.2. The third kappa shape index (κ3) is 4.80. The van der Waals surface area contributed by atoms with Crippen LogP contribution < -0.4 is 0 Å². The van der Waals surface area contributed by atoms with Crippen LogP contribution >= 0.6 is 0 Å². The molecule has 0 amide bonds. The standard InChI is InChI=1S/C11H19NO2/c1-5-6-7-8-12-10(9(2)3)11(13)14-4/h2,5-8H2,1,3-4H3. The van der Waals surface area contributed by atoms with E-state index in [4.69, 9.17) is 0 Å². The summed E-state index contributed by atoms with van der Waals surface area (Å²) in [6.45, 7) is 8.25. The van der Waals surface area contributed by atoms with Crippen LogP contribution in [-0.4, -0.2) is 25.3 Å². The lowest BCUT2D eigenvalue weighted by atomic mass is 10.2. The zero-order valence-electron chi connectivity index (χ0n) is 9.30. The molecule has 0 aromatic rings. The van der Waals surface area contributed by atoms with Gasteiger partial charge in [-0.1, -0.05) is 26.3 Å². The van der Waals surface area contributed by atoms with Crippen molar-refractivity contribution in [3.8, 4) is 0 Å². The number of ether oxygens (including phenoxy) is 1. The second-order valence-electron chi connectivity index (χ2n) is 3.21. The monoisotopic (exact) mass is 197 g/mol. The molecular formula is C11H19NO2. The molecule has 0 aliphatic rings. The minimum atomic E-state index is -0.394. The number of hydrogen-bond acceptors (Lipinski definition) is 3. The highest BCUT2D eigenvalue weighted by atomic mass is 16.5. The summed E-state index contributed by atoms with van der Waals surface area (Å²) in [5.74, 6) is -0.394. The number of carbonyl (C=O) groups is 1. The topological polar surface area (TPSA) is 38.7 Å². The first-order valence-corrected chi connectivity index (χ1v) is 4.92. The number of hydrogen-bond donors (Lipinski definition) is 0. The minimum absolute atomic E-state index is 0.364. The molecule has 0 rings (SSSR count). The van der Waals surface area contributed by atoms with Crippen molar-refractivity contribution in [3.63, 3.8) is 0 Å². The third-order valence-corrected chi connectivity index (χ3v) is 1.81. The number of unbranched alkanes of at least 4 members (excludes halogenated alkanes) is 2. The Bertz CT molecular complexity index is 231. The molecule has 0 atom stereocenters. The van der Waals surface area contributed by atoms with Gasteiger partial charge in [0.25, 0.3) is 0 Å². The van der Waals surface area contributed by atoms with Crippen LogP contribution in [0.4, 0.5) is 0 Å². The number of rotatable bonds is 6. The number of nitrogens with zero attached hydrogens (tertiary/aromatic N) is 1. The van der Waals surface area contributed by atoms with Gasteiger partial charge in [-0.3, -0.25) is 4.99 Å². The van der Waals surface area contributed by atoms with E-state index in [0.717, 1.165) is 19.3 Å². The summed E-state index contributed by atoms with van der Waals surface area (Å²) in [4.78, 5) is 15.4. The van der Waals surface area contributed by atoms with Gasteiger partial charge < -0.3 is 4.74 Å². The zero-order chi connectivity index (χ0) is 11.0. The smallest absolute Gasteiger partial charge is 0.356 e. The molecule has 3 heteroatoms. The molecule has 3 nitrogen and oxygen atoms in total. The van der Waals surface area contributed by atoms with Crippen molar-refractivity contribution in [1.29, 1.82) is 0 Å². The molecule has 14 heavy (non-hydrogen) atoms. The molecule has 0 saturated carbocycles. The highest BCUT2D eigenvalue weighted by molar-refractivity contribution is 6.42. The normalized spacial score (nSPS) is 11.2. The van der Waals surface area contributed by atoms with Crippen molar-refractivity contribution in [1.82, 2.24) is 0 Å². The molecule has 0 unspecified atom stereocenters. The number of esters is 1. The molecule has 0 heterocycles. The minimum Gasteiger partial charge on any atom is -0.464 e. The van der Waals surface area contributed by atoms with E-state index in [2.05, 4.69) is 23.2 Å². The van der Waals surface area contributed by atoms with Crippen LogP contribution in [0.1, 0.15) is 33.1 Å². The van der Waals surface area contributed by atoms with Crippen molar-refractivity contribution in [3.05, 3.63) is 12.2 Å². The molecule has 0 aliphatic heterocycles. The largest absolute Gasteiger partial charge is 0.464 e. The van der Waals surface area contributed by atoms with Crippen molar-refractivity contribution >= 4 is 11.7 Å². The molecule has 0 aliphatic carbocycles. The van der Waals surface area contributed by atoms with Gasteiger partial charge in [-0.2, -0.15) is 0 Å². The van der Waals surface area contributed by atoms with E-state index in [1.54, 1.807) is 6.92 Å². The summed E-state index contributed by atoms with van der Waals surface area (Å²) >= 11 is 0. The van der Waals surface area contributed by atoms with Crippen LogP contribution in [0.3, 0.4) is 0 Å². The van der Waals surface area contributed by atoms with Crippen molar-refractivity contribution in [2.24, 2.45) is 4.99 Å². The van der Waals surface area contributed by atoms with E-state index in [-0.39, 0.29) is 0 Å². The Morgan fingerprint density at radius 2 is 2.07 bits per heavy atom. The summed E-state index contributed by atoms with van der Waals surface area (Å²) in [7, 11) is 1.35. The Hall–Kier alpha value is -1.12. The molecule has 0 aromatic carbocycles. The summed E-state index contributed by atoms with van der Waals surface area (Å²) in [6.07, 6.45) is 3.29. The second-order valence-corrected chi connectivity index (χ2v) is 3.21. The first-order valence-electron chi connectivity index (χ1n) is 4.92. The molecule has 0 fully saturated rings. The van der Waals surface area contributed by atoms with Crippen LogP contribution in [0.5, 0.6) is 0 Å². The maximum Gasteiger partial charge on any atom is 0.356 e. The van der Waals surface area contributed by atoms with Gasteiger partial charge in [0.05, 0.1) is 7.11 Å². The van der Waals surface area contributed by atoms with Gasteiger partial charge in [-0.15, -0.1) is 0 Å². The molecule has 0 spiro atoms. The lowest BCUT2D eigenvalue weighted by Gasteiger charge is -2.03. The molecule has 0 radical (unpaired) electrons. The number of methoxy groups -OCH3 is 1. The average Bonchev–Trinajstić information content (AvgIpc) is 2.16. The molecule has 0 N–H and O–H groups in total. The van der Waals surface area contributed by atoms with Gasteiger partial charge in [0, 0.05) is 6.54 Å². The van der Waals surface area contributed by atoms with E-state index < -0.39 is 5.97 Å². The Kier molecular flexibility index (Phi) is 6.72. The predicted molar refractivity (Wildman–Crippen MR) is 58.7 cm³/mol. The zero-order valence-corrected chi connectivity index (χ0v) is 9.30. The summed E-state index contributed by atoms with van der Waals surface area (Å²) in [6, 6.07) is 0. The van der Waals surface area contributed by atoms with Crippen molar-refractivity contribution in [2.45, 2.75) is 33.1 Å². The first kappa shape index (κ1) is 12.9. The van der Waals surface area contributed by atoms with Gasteiger partial charge in [-0.05, 0) is 18.9 Å². The molecule has 0 aromatic heterocycles. The molecule has 80 valence electrons. The van der Waals surface area contributed by atoms with Gasteiger partial charge in [0.1, 0.15) is 5.71 Å². The molecule has 0 saturated heterocycles. The van der Waals surface area contributed by atoms with Crippen molar-refractivity contribution < 1.29 is 9.53 Å². The highest BCUT2D eigenvalue weighted by Crippen LogP contribution is 1.99. The lowest BCUT2D eigenvalue weighted by Crippen LogP contribution is -2.17. The number of aliphatic imine (C=N–C) groups is 1. The van der Waals surface area contributed by atoms with E-state index >= 15 is 0 Å². The third-order valence-electron chi connectivity index (χ3n) is 1.81. The summed E-state index contributed by atoms with van der Waals surface area (Å²) < 4.78 is 4.60. The molecular weight excluding hydrogens is 178 g/mol. The first-order chi connectivity index (χ1) is 6.63. The van der Waals surface area contributed by atoms with Gasteiger partial charge in [0.15, 0.2) is 0 Å². The Morgan fingerprint density at radius 1 is 1.43 bits per heavy atom.